The third-order valence-electron chi connectivity index (χ3n) is 4.09. The van der Waals surface area contributed by atoms with E-state index in [4.69, 9.17) is 23.2 Å². The predicted molar refractivity (Wildman–Crippen MR) is 102 cm³/mol. The highest BCUT2D eigenvalue weighted by Crippen LogP contribution is 2.40. The Kier molecular flexibility index (Phi) is 5.41. The topological polar surface area (TPSA) is 64.0 Å². The first-order chi connectivity index (χ1) is 11.9. The van der Waals surface area contributed by atoms with Crippen molar-refractivity contribution in [3.8, 4) is 0 Å². The Morgan fingerprint density at radius 3 is 2.84 bits per heavy atom. The van der Waals surface area contributed by atoms with Gasteiger partial charge in [-0.1, -0.05) is 54.0 Å². The summed E-state index contributed by atoms with van der Waals surface area (Å²) >= 11 is 13.9. The van der Waals surface area contributed by atoms with Crippen molar-refractivity contribution < 1.29 is 4.79 Å². The summed E-state index contributed by atoms with van der Waals surface area (Å²) in [7, 11) is 1.80. The Bertz CT molecular complexity index is 898. The van der Waals surface area contributed by atoms with Crippen molar-refractivity contribution in [3.05, 3.63) is 49.7 Å². The predicted octanol–water partition coefficient (Wildman–Crippen LogP) is 4.06. The van der Waals surface area contributed by atoms with E-state index in [-0.39, 0.29) is 17.9 Å². The van der Waals surface area contributed by atoms with Crippen molar-refractivity contribution in [1.82, 2.24) is 9.55 Å². The van der Waals surface area contributed by atoms with Gasteiger partial charge in [0.2, 0.25) is 5.91 Å². The number of nitrogens with one attached hydrogen (secondary N) is 1. The molecule has 1 aliphatic rings. The molecule has 2 aromatic rings. The van der Waals surface area contributed by atoms with Crippen molar-refractivity contribution >= 4 is 46.7 Å². The fourth-order valence-corrected chi connectivity index (χ4v) is 4.17. The minimum Gasteiger partial charge on any atom is -0.312 e. The smallest absolute Gasteiger partial charge is 0.279 e. The molecule has 1 atom stereocenters. The first-order valence-electron chi connectivity index (χ1n) is 7.91. The van der Waals surface area contributed by atoms with E-state index in [9.17, 15) is 9.59 Å². The number of hydrogen-bond donors (Lipinski definition) is 1. The number of thioether (sulfide) groups is 1. The Labute approximate surface area is 159 Å². The van der Waals surface area contributed by atoms with E-state index in [2.05, 4.69) is 17.2 Å². The molecule has 25 heavy (non-hydrogen) atoms. The van der Waals surface area contributed by atoms with Crippen LogP contribution < -0.4 is 10.9 Å². The van der Waals surface area contributed by atoms with Crippen molar-refractivity contribution in [2.24, 2.45) is 7.05 Å². The number of anilines is 1. The highest BCUT2D eigenvalue weighted by atomic mass is 35.5. The fourth-order valence-electron chi connectivity index (χ4n) is 2.91. The van der Waals surface area contributed by atoms with Gasteiger partial charge >= 0.3 is 0 Å². The molecule has 0 saturated carbocycles. The number of carbonyl (C=O) groups excluding carboxylic acids is 1. The molecule has 1 aromatic carbocycles. The van der Waals surface area contributed by atoms with Gasteiger partial charge in [0.15, 0.2) is 5.16 Å². The molecule has 1 aliphatic heterocycles. The lowest BCUT2D eigenvalue weighted by molar-refractivity contribution is -0.116. The molecule has 0 aliphatic carbocycles. The number of benzene rings is 1. The van der Waals surface area contributed by atoms with Crippen molar-refractivity contribution in [2.75, 3.05) is 11.1 Å². The van der Waals surface area contributed by atoms with Gasteiger partial charge in [-0.25, -0.2) is 0 Å². The molecule has 1 aromatic heterocycles. The van der Waals surface area contributed by atoms with Crippen LogP contribution >= 0.6 is 35.0 Å². The summed E-state index contributed by atoms with van der Waals surface area (Å²) in [5.74, 6) is 0.694. The van der Waals surface area contributed by atoms with Crippen LogP contribution in [0.15, 0.2) is 28.2 Å². The number of carbonyl (C=O) groups is 1. The molecule has 0 bridgehead atoms. The zero-order chi connectivity index (χ0) is 18.1. The molecule has 8 heteroatoms. The van der Waals surface area contributed by atoms with Gasteiger partial charge in [0.25, 0.3) is 5.56 Å². The molecule has 132 valence electrons. The molecule has 1 N–H and O–H groups in total. The summed E-state index contributed by atoms with van der Waals surface area (Å²) in [5.41, 5.74) is 0.776. The number of fused-ring (bicyclic) bond motifs is 1. The molecule has 0 spiro atoms. The molecule has 0 radical (unpaired) electrons. The molecule has 1 unspecified atom stereocenters. The Balaban J connectivity index is 2.18. The summed E-state index contributed by atoms with van der Waals surface area (Å²) in [6.45, 7) is 2.06. The molecule has 2 heterocycles. The number of hydrogen-bond acceptors (Lipinski definition) is 4. The van der Waals surface area contributed by atoms with Crippen molar-refractivity contribution in [2.45, 2.75) is 30.8 Å². The minimum absolute atomic E-state index is 0.130. The van der Waals surface area contributed by atoms with Crippen molar-refractivity contribution in [3.63, 3.8) is 0 Å². The zero-order valence-corrected chi connectivity index (χ0v) is 16.1. The third-order valence-corrected chi connectivity index (χ3v) is 6.16. The SMILES string of the molecule is CCCSc1nc(=O)c2c(n1C)NC(=O)CC2c1cccc(Cl)c1Cl. The molecule has 0 fully saturated rings. The van der Waals surface area contributed by atoms with Crippen molar-refractivity contribution in [1.29, 1.82) is 0 Å². The third kappa shape index (κ3) is 3.43. The zero-order valence-electron chi connectivity index (χ0n) is 13.8. The second kappa shape index (κ2) is 7.40. The van der Waals surface area contributed by atoms with Gasteiger partial charge < -0.3 is 9.88 Å². The number of nitrogens with zero attached hydrogens (tertiary/aromatic N) is 2. The summed E-state index contributed by atoms with van der Waals surface area (Å²) < 4.78 is 1.76. The molecule has 1 amide bonds. The van der Waals surface area contributed by atoms with Crippen LogP contribution in [0.2, 0.25) is 10.0 Å². The maximum atomic E-state index is 12.7. The minimum atomic E-state index is -0.466. The van der Waals surface area contributed by atoms with E-state index in [1.165, 1.54) is 11.8 Å². The summed E-state index contributed by atoms with van der Waals surface area (Å²) in [4.78, 5) is 29.2. The standard InChI is InChI=1S/C17H17Cl2N3O2S/c1-3-7-25-17-21-16(24)13-10(8-12(23)20-15(13)22(17)2)9-5-4-6-11(18)14(9)19/h4-6,10H,3,7-8H2,1-2H3,(H,20,23). The van der Waals surface area contributed by atoms with Gasteiger partial charge in [0, 0.05) is 25.1 Å². The largest absolute Gasteiger partial charge is 0.312 e. The number of aromatic nitrogens is 2. The monoisotopic (exact) mass is 397 g/mol. The molecular formula is C17H17Cl2N3O2S. The molecule has 3 rings (SSSR count). The first-order valence-corrected chi connectivity index (χ1v) is 9.65. The van der Waals surface area contributed by atoms with E-state index in [0.717, 1.165) is 12.2 Å². The first kappa shape index (κ1) is 18.3. The average Bonchev–Trinajstić information content (AvgIpc) is 2.58. The molecule has 5 nitrogen and oxygen atoms in total. The van der Waals surface area contributed by atoms with E-state index < -0.39 is 5.92 Å². The van der Waals surface area contributed by atoms with Crippen LogP contribution in [0.1, 0.15) is 36.8 Å². The maximum absolute atomic E-state index is 12.7. The van der Waals surface area contributed by atoms with E-state index in [1.807, 2.05) is 0 Å². The second-order valence-corrected chi connectivity index (χ2v) is 7.66. The average molecular weight is 398 g/mol. The van der Waals surface area contributed by atoms with Crippen LogP contribution in [0.4, 0.5) is 5.82 Å². The maximum Gasteiger partial charge on any atom is 0.279 e. The van der Waals surface area contributed by atoms with Crippen LogP contribution in [0.3, 0.4) is 0 Å². The van der Waals surface area contributed by atoms with Crippen LogP contribution in [0, 0.1) is 0 Å². The number of halogens is 2. The van der Waals surface area contributed by atoms with Crippen LogP contribution in [-0.4, -0.2) is 21.2 Å². The van der Waals surface area contributed by atoms with E-state index >= 15 is 0 Å². The lowest BCUT2D eigenvalue weighted by atomic mass is 9.86. The van der Waals surface area contributed by atoms with Gasteiger partial charge in [-0.3, -0.25) is 9.59 Å². The number of rotatable bonds is 4. The van der Waals surface area contributed by atoms with Gasteiger partial charge in [0.1, 0.15) is 5.82 Å². The normalized spacial score (nSPS) is 16.5. The quantitative estimate of drug-likeness (QED) is 0.623. The summed E-state index contributed by atoms with van der Waals surface area (Å²) in [6.07, 6.45) is 1.09. The highest BCUT2D eigenvalue weighted by molar-refractivity contribution is 7.99. The Hall–Kier alpha value is -1.50. The van der Waals surface area contributed by atoms with Gasteiger partial charge in [-0.15, -0.1) is 0 Å². The van der Waals surface area contributed by atoms with Crippen LogP contribution in [-0.2, 0) is 11.8 Å². The molecule has 0 saturated heterocycles. The fraction of sp³-hybridized carbons (Fsp3) is 0.353. The highest BCUT2D eigenvalue weighted by Gasteiger charge is 2.33. The lowest BCUT2D eigenvalue weighted by Crippen LogP contribution is -2.33. The van der Waals surface area contributed by atoms with Gasteiger partial charge in [-0.05, 0) is 18.1 Å². The second-order valence-electron chi connectivity index (χ2n) is 5.82. The Morgan fingerprint density at radius 2 is 2.12 bits per heavy atom. The number of amides is 1. The van der Waals surface area contributed by atoms with Gasteiger partial charge in [0.05, 0.1) is 15.6 Å². The van der Waals surface area contributed by atoms with E-state index in [0.29, 0.717) is 32.1 Å². The molecular weight excluding hydrogens is 381 g/mol. The summed E-state index contributed by atoms with van der Waals surface area (Å²) in [5, 5.41) is 4.16. The van der Waals surface area contributed by atoms with Gasteiger partial charge in [-0.2, -0.15) is 4.98 Å². The van der Waals surface area contributed by atoms with Crippen LogP contribution in [0.25, 0.3) is 0 Å². The van der Waals surface area contributed by atoms with Crippen LogP contribution in [0.5, 0.6) is 0 Å². The van der Waals surface area contributed by atoms with E-state index in [1.54, 1.807) is 29.8 Å². The lowest BCUT2D eigenvalue weighted by Gasteiger charge is -2.28. The summed E-state index contributed by atoms with van der Waals surface area (Å²) in [6, 6.07) is 5.23. The Morgan fingerprint density at radius 1 is 1.36 bits per heavy atom.